The minimum Gasteiger partial charge on any atom is -0.495 e. The second-order valence-electron chi connectivity index (χ2n) is 6.33. The third-order valence-electron chi connectivity index (χ3n) is 5.10. The second-order valence-corrected chi connectivity index (χ2v) is 6.33. The SMILES string of the molecule is COc1cccc2c1NC(c1ccc(C(=O)O)cc1)[C@H]1CC=C[C@@H]21. The van der Waals surface area contributed by atoms with Crippen molar-refractivity contribution in [1.82, 2.24) is 0 Å². The van der Waals surface area contributed by atoms with E-state index in [1.807, 2.05) is 24.3 Å². The van der Waals surface area contributed by atoms with E-state index in [-0.39, 0.29) is 6.04 Å². The molecule has 0 saturated heterocycles. The lowest BCUT2D eigenvalue weighted by Crippen LogP contribution is -2.29. The standard InChI is InChI=1S/C20H19NO3/c1-24-17-7-3-6-16-14-4-2-5-15(14)18(21-19(16)17)12-8-10-13(11-9-12)20(22)23/h2-4,6-11,14-15,18,21H,5H2,1H3,(H,22,23)/t14-,15+,18?/m1/s1. The zero-order valence-electron chi connectivity index (χ0n) is 13.4. The number of para-hydroxylation sites is 1. The number of nitrogens with one attached hydrogen (secondary N) is 1. The van der Waals surface area contributed by atoms with Gasteiger partial charge in [0, 0.05) is 5.92 Å². The molecule has 4 rings (SSSR count). The summed E-state index contributed by atoms with van der Waals surface area (Å²) in [5.74, 6) is 0.741. The molecule has 0 radical (unpaired) electrons. The van der Waals surface area contributed by atoms with Crippen LogP contribution in [0.1, 0.15) is 39.9 Å². The fraction of sp³-hybridized carbons (Fsp3) is 0.250. The average molecular weight is 321 g/mol. The summed E-state index contributed by atoms with van der Waals surface area (Å²) in [5, 5.41) is 12.7. The largest absolute Gasteiger partial charge is 0.495 e. The van der Waals surface area contributed by atoms with Crippen LogP contribution in [0.25, 0.3) is 0 Å². The van der Waals surface area contributed by atoms with Gasteiger partial charge in [-0.2, -0.15) is 0 Å². The van der Waals surface area contributed by atoms with Crippen molar-refractivity contribution in [3.63, 3.8) is 0 Å². The second kappa shape index (κ2) is 5.71. The van der Waals surface area contributed by atoms with Gasteiger partial charge in [-0.05, 0) is 41.7 Å². The Balaban J connectivity index is 1.76. The van der Waals surface area contributed by atoms with E-state index in [1.165, 1.54) is 5.56 Å². The lowest BCUT2D eigenvalue weighted by molar-refractivity contribution is 0.0697. The summed E-state index contributed by atoms with van der Waals surface area (Å²) >= 11 is 0. The van der Waals surface area contributed by atoms with Gasteiger partial charge in [0.1, 0.15) is 5.75 Å². The number of carboxylic acid groups (broad SMARTS) is 1. The van der Waals surface area contributed by atoms with E-state index in [9.17, 15) is 4.79 Å². The Labute approximate surface area is 140 Å². The van der Waals surface area contributed by atoms with Gasteiger partial charge in [-0.15, -0.1) is 0 Å². The van der Waals surface area contributed by atoms with Crippen molar-refractivity contribution in [3.8, 4) is 5.75 Å². The van der Waals surface area contributed by atoms with Gasteiger partial charge in [-0.25, -0.2) is 4.79 Å². The van der Waals surface area contributed by atoms with E-state index in [2.05, 4.69) is 23.5 Å². The van der Waals surface area contributed by atoms with Crippen molar-refractivity contribution in [1.29, 1.82) is 0 Å². The first-order valence-corrected chi connectivity index (χ1v) is 8.12. The highest BCUT2D eigenvalue weighted by Gasteiger charge is 2.38. The molecular formula is C20H19NO3. The summed E-state index contributed by atoms with van der Waals surface area (Å²) in [7, 11) is 1.69. The topological polar surface area (TPSA) is 58.6 Å². The number of fused-ring (bicyclic) bond motifs is 3. The zero-order valence-corrected chi connectivity index (χ0v) is 13.4. The number of benzene rings is 2. The Morgan fingerprint density at radius 1 is 1.21 bits per heavy atom. The van der Waals surface area contributed by atoms with Gasteiger partial charge in [0.2, 0.25) is 0 Å². The Hall–Kier alpha value is -2.75. The van der Waals surface area contributed by atoms with Gasteiger partial charge < -0.3 is 15.2 Å². The summed E-state index contributed by atoms with van der Waals surface area (Å²) in [6.45, 7) is 0. The molecule has 0 saturated carbocycles. The van der Waals surface area contributed by atoms with Gasteiger partial charge in [0.25, 0.3) is 0 Å². The van der Waals surface area contributed by atoms with E-state index in [0.717, 1.165) is 23.4 Å². The smallest absolute Gasteiger partial charge is 0.335 e. The van der Waals surface area contributed by atoms with Gasteiger partial charge in [-0.1, -0.05) is 36.4 Å². The van der Waals surface area contributed by atoms with Crippen LogP contribution in [0.15, 0.2) is 54.6 Å². The molecule has 122 valence electrons. The van der Waals surface area contributed by atoms with Gasteiger partial charge in [0.05, 0.1) is 24.4 Å². The van der Waals surface area contributed by atoms with Gasteiger partial charge in [-0.3, -0.25) is 0 Å². The predicted molar refractivity (Wildman–Crippen MR) is 92.7 cm³/mol. The summed E-state index contributed by atoms with van der Waals surface area (Å²) in [4.78, 5) is 11.1. The molecule has 4 heteroatoms. The van der Waals surface area contributed by atoms with E-state index in [1.54, 1.807) is 19.2 Å². The molecule has 1 aliphatic carbocycles. The van der Waals surface area contributed by atoms with Crippen LogP contribution in [0.5, 0.6) is 5.75 Å². The maximum absolute atomic E-state index is 11.1. The molecule has 4 nitrogen and oxygen atoms in total. The number of anilines is 1. The van der Waals surface area contributed by atoms with E-state index < -0.39 is 5.97 Å². The minimum absolute atomic E-state index is 0.136. The van der Waals surface area contributed by atoms with Crippen molar-refractivity contribution >= 4 is 11.7 Å². The molecule has 2 aromatic carbocycles. The normalized spacial score (nSPS) is 24.0. The number of methoxy groups -OCH3 is 1. The van der Waals surface area contributed by atoms with E-state index in [0.29, 0.717) is 17.4 Å². The predicted octanol–water partition coefficient (Wildman–Crippen LogP) is 4.22. The minimum atomic E-state index is -0.898. The summed E-state index contributed by atoms with van der Waals surface area (Å²) in [6, 6.07) is 13.5. The maximum Gasteiger partial charge on any atom is 0.335 e. The molecule has 1 aliphatic heterocycles. The Morgan fingerprint density at radius 3 is 2.71 bits per heavy atom. The first-order valence-electron chi connectivity index (χ1n) is 8.12. The molecule has 0 fully saturated rings. The Morgan fingerprint density at radius 2 is 2.00 bits per heavy atom. The highest BCUT2D eigenvalue weighted by molar-refractivity contribution is 5.87. The summed E-state index contributed by atoms with van der Waals surface area (Å²) in [6.07, 6.45) is 5.53. The van der Waals surface area contributed by atoms with Gasteiger partial charge >= 0.3 is 5.97 Å². The number of ether oxygens (including phenoxy) is 1. The Kier molecular flexibility index (Phi) is 3.53. The van der Waals surface area contributed by atoms with Crippen molar-refractivity contribution < 1.29 is 14.6 Å². The summed E-state index contributed by atoms with van der Waals surface area (Å²) < 4.78 is 5.53. The van der Waals surface area contributed by atoms with Crippen LogP contribution in [0.4, 0.5) is 5.69 Å². The fourth-order valence-electron chi connectivity index (χ4n) is 3.93. The zero-order chi connectivity index (χ0) is 16.7. The van der Waals surface area contributed by atoms with Crippen LogP contribution in [-0.2, 0) is 0 Å². The molecular weight excluding hydrogens is 302 g/mol. The van der Waals surface area contributed by atoms with Crippen molar-refractivity contribution in [3.05, 3.63) is 71.3 Å². The molecule has 2 aromatic rings. The number of allylic oxidation sites excluding steroid dienone is 2. The molecule has 0 spiro atoms. The molecule has 24 heavy (non-hydrogen) atoms. The molecule has 2 N–H and O–H groups in total. The van der Waals surface area contributed by atoms with Crippen LogP contribution < -0.4 is 10.1 Å². The average Bonchev–Trinajstić information content (AvgIpc) is 3.10. The molecule has 0 aromatic heterocycles. The number of aromatic carboxylic acids is 1. The van der Waals surface area contributed by atoms with Crippen LogP contribution in [0, 0.1) is 5.92 Å². The number of carbonyl (C=O) groups is 1. The van der Waals surface area contributed by atoms with Crippen molar-refractivity contribution in [2.75, 3.05) is 12.4 Å². The molecule has 3 atom stereocenters. The van der Waals surface area contributed by atoms with E-state index in [4.69, 9.17) is 9.84 Å². The van der Waals surface area contributed by atoms with Gasteiger partial charge in [0.15, 0.2) is 0 Å². The number of hydrogen-bond acceptors (Lipinski definition) is 3. The quantitative estimate of drug-likeness (QED) is 0.831. The third kappa shape index (κ3) is 2.26. The van der Waals surface area contributed by atoms with Crippen molar-refractivity contribution in [2.24, 2.45) is 5.92 Å². The fourth-order valence-corrected chi connectivity index (χ4v) is 3.93. The first-order chi connectivity index (χ1) is 11.7. The van der Waals surface area contributed by atoms with Crippen molar-refractivity contribution in [2.45, 2.75) is 18.4 Å². The molecule has 0 amide bonds. The number of rotatable bonds is 3. The van der Waals surface area contributed by atoms with Crippen LogP contribution in [0.3, 0.4) is 0 Å². The molecule has 1 heterocycles. The number of hydrogen-bond donors (Lipinski definition) is 2. The maximum atomic E-state index is 11.1. The third-order valence-corrected chi connectivity index (χ3v) is 5.10. The molecule has 0 bridgehead atoms. The monoisotopic (exact) mass is 321 g/mol. The highest BCUT2D eigenvalue weighted by atomic mass is 16.5. The van der Waals surface area contributed by atoms with Crippen LogP contribution >= 0.6 is 0 Å². The van der Waals surface area contributed by atoms with Crippen LogP contribution in [0.2, 0.25) is 0 Å². The van der Waals surface area contributed by atoms with E-state index >= 15 is 0 Å². The first kappa shape index (κ1) is 14.8. The summed E-state index contributed by atoms with van der Waals surface area (Å²) in [5.41, 5.74) is 3.73. The van der Waals surface area contributed by atoms with Crippen LogP contribution in [-0.4, -0.2) is 18.2 Å². The number of carboxylic acids is 1. The molecule has 1 unspecified atom stereocenters. The lowest BCUT2D eigenvalue weighted by atomic mass is 9.77. The Bertz CT molecular complexity index is 810. The highest BCUT2D eigenvalue weighted by Crippen LogP contribution is 2.52. The lowest BCUT2D eigenvalue weighted by Gasteiger charge is -2.38. The molecule has 2 aliphatic rings.